The summed E-state index contributed by atoms with van der Waals surface area (Å²) in [5.74, 6) is 0.646. The first-order valence-corrected chi connectivity index (χ1v) is 8.06. The molecule has 2 aromatic heterocycles. The fourth-order valence-corrected chi connectivity index (χ4v) is 2.74. The molecule has 0 bridgehead atoms. The summed E-state index contributed by atoms with van der Waals surface area (Å²) in [7, 11) is 0. The average Bonchev–Trinajstić information content (AvgIpc) is 2.61. The van der Waals surface area contributed by atoms with Crippen LogP contribution in [0.1, 0.15) is 21.5 Å². The topological polar surface area (TPSA) is 80.2 Å². The molecule has 0 unspecified atom stereocenters. The lowest BCUT2D eigenvalue weighted by molar-refractivity contribution is 0.0950. The highest BCUT2D eigenvalue weighted by molar-refractivity contribution is 6.29. The highest BCUT2D eigenvalue weighted by Gasteiger charge is 2.18. The molecule has 1 amide bonds. The number of aromatic nitrogens is 3. The Hall–Kier alpha value is -2.25. The Labute approximate surface area is 145 Å². The van der Waals surface area contributed by atoms with Crippen molar-refractivity contribution in [3.63, 3.8) is 0 Å². The molecule has 1 N–H and O–H groups in total. The van der Waals surface area contributed by atoms with E-state index < -0.39 is 0 Å². The Morgan fingerprint density at radius 2 is 2.21 bits per heavy atom. The van der Waals surface area contributed by atoms with E-state index in [1.165, 1.54) is 12.3 Å². The van der Waals surface area contributed by atoms with E-state index in [4.69, 9.17) is 16.3 Å². The Kier molecular flexibility index (Phi) is 5.22. The molecular weight excluding hydrogens is 330 g/mol. The van der Waals surface area contributed by atoms with Crippen LogP contribution in [0.2, 0.25) is 5.15 Å². The Balaban J connectivity index is 1.76. The van der Waals surface area contributed by atoms with E-state index in [-0.39, 0.29) is 11.1 Å². The second-order valence-electron chi connectivity index (χ2n) is 5.48. The lowest BCUT2D eigenvalue weighted by Crippen LogP contribution is -2.38. The zero-order valence-electron chi connectivity index (χ0n) is 13.3. The molecule has 1 fully saturated rings. The monoisotopic (exact) mass is 347 g/mol. The molecule has 3 heterocycles. The van der Waals surface area contributed by atoms with E-state index in [0.29, 0.717) is 25.3 Å². The lowest BCUT2D eigenvalue weighted by atomic mass is 10.1. The minimum Gasteiger partial charge on any atom is -0.378 e. The maximum Gasteiger partial charge on any atom is 0.253 e. The van der Waals surface area contributed by atoms with Gasteiger partial charge in [-0.25, -0.2) is 4.98 Å². The van der Waals surface area contributed by atoms with Gasteiger partial charge < -0.3 is 15.0 Å². The van der Waals surface area contributed by atoms with Crippen LogP contribution in [0.15, 0.2) is 24.5 Å². The number of nitrogens with zero attached hydrogens (tertiary/aromatic N) is 4. The Morgan fingerprint density at radius 1 is 1.42 bits per heavy atom. The molecule has 7 nitrogen and oxygen atoms in total. The van der Waals surface area contributed by atoms with Crippen molar-refractivity contribution in [2.75, 3.05) is 31.2 Å². The second kappa shape index (κ2) is 7.55. The maximum absolute atomic E-state index is 12.3. The number of anilines is 1. The smallest absolute Gasteiger partial charge is 0.253 e. The zero-order chi connectivity index (χ0) is 16.9. The van der Waals surface area contributed by atoms with Gasteiger partial charge >= 0.3 is 0 Å². The largest absolute Gasteiger partial charge is 0.378 e. The van der Waals surface area contributed by atoms with Gasteiger partial charge in [-0.05, 0) is 24.6 Å². The zero-order valence-corrected chi connectivity index (χ0v) is 14.1. The summed E-state index contributed by atoms with van der Waals surface area (Å²) in [6.45, 7) is 5.34. The van der Waals surface area contributed by atoms with Crippen LogP contribution in [-0.2, 0) is 11.3 Å². The molecular formula is C16H18ClN5O2. The van der Waals surface area contributed by atoms with Gasteiger partial charge in [0.2, 0.25) is 0 Å². The highest BCUT2D eigenvalue weighted by Crippen LogP contribution is 2.22. The molecule has 3 rings (SSSR count). The van der Waals surface area contributed by atoms with Crippen molar-refractivity contribution in [3.05, 3.63) is 46.4 Å². The minimum atomic E-state index is -0.247. The molecule has 8 heteroatoms. The Bertz CT molecular complexity index is 734. The summed E-state index contributed by atoms with van der Waals surface area (Å²) >= 11 is 5.78. The summed E-state index contributed by atoms with van der Waals surface area (Å²) in [5.41, 5.74) is 2.46. The first-order chi connectivity index (χ1) is 11.6. The number of nitrogens with one attached hydrogen (secondary N) is 1. The van der Waals surface area contributed by atoms with Gasteiger partial charge in [0.25, 0.3) is 5.91 Å². The molecule has 1 aliphatic heterocycles. The first kappa shape index (κ1) is 16.6. The van der Waals surface area contributed by atoms with Crippen LogP contribution in [0, 0.1) is 6.92 Å². The predicted molar refractivity (Wildman–Crippen MR) is 90.2 cm³/mol. The molecule has 0 aromatic carbocycles. The number of amides is 1. The fourth-order valence-electron chi connectivity index (χ4n) is 2.58. The van der Waals surface area contributed by atoms with Gasteiger partial charge in [-0.1, -0.05) is 11.6 Å². The molecule has 0 radical (unpaired) electrons. The highest BCUT2D eigenvalue weighted by atomic mass is 35.5. The standard InChI is InChI=1S/C16H18ClN5O2/c1-11-2-3-18-15(22-4-6-24-7-5-22)13(11)10-19-16(23)12-8-14(17)21-20-9-12/h2-3,8-9H,4-7,10H2,1H3,(H,19,23). The maximum atomic E-state index is 12.3. The van der Waals surface area contributed by atoms with Crippen molar-refractivity contribution >= 4 is 23.3 Å². The van der Waals surface area contributed by atoms with Crippen LogP contribution in [-0.4, -0.2) is 47.4 Å². The van der Waals surface area contributed by atoms with E-state index in [1.807, 2.05) is 13.0 Å². The molecule has 0 aliphatic carbocycles. The summed E-state index contributed by atoms with van der Waals surface area (Å²) in [6, 6.07) is 3.43. The van der Waals surface area contributed by atoms with Crippen LogP contribution in [0.5, 0.6) is 0 Å². The van der Waals surface area contributed by atoms with Crippen LogP contribution in [0.25, 0.3) is 0 Å². The van der Waals surface area contributed by atoms with Gasteiger partial charge in [0.15, 0.2) is 5.15 Å². The molecule has 0 spiro atoms. The molecule has 2 aromatic rings. The molecule has 0 atom stereocenters. The number of rotatable bonds is 4. The van der Waals surface area contributed by atoms with Crippen molar-refractivity contribution in [2.24, 2.45) is 0 Å². The van der Waals surface area contributed by atoms with Crippen molar-refractivity contribution < 1.29 is 9.53 Å². The lowest BCUT2D eigenvalue weighted by Gasteiger charge is -2.30. The normalized spacial score (nSPS) is 14.5. The summed E-state index contributed by atoms with van der Waals surface area (Å²) in [4.78, 5) is 19.0. The quantitative estimate of drug-likeness (QED) is 0.905. The van der Waals surface area contributed by atoms with Gasteiger partial charge in [0.1, 0.15) is 5.82 Å². The van der Waals surface area contributed by atoms with Crippen molar-refractivity contribution in [2.45, 2.75) is 13.5 Å². The summed E-state index contributed by atoms with van der Waals surface area (Å²) < 4.78 is 5.39. The van der Waals surface area contributed by atoms with Crippen molar-refractivity contribution in [1.29, 1.82) is 0 Å². The number of halogens is 1. The second-order valence-corrected chi connectivity index (χ2v) is 5.87. The molecule has 1 aliphatic rings. The van der Waals surface area contributed by atoms with Gasteiger partial charge in [-0.3, -0.25) is 4.79 Å². The molecule has 24 heavy (non-hydrogen) atoms. The number of hydrogen-bond donors (Lipinski definition) is 1. The number of carbonyl (C=O) groups excluding carboxylic acids is 1. The first-order valence-electron chi connectivity index (χ1n) is 7.69. The summed E-state index contributed by atoms with van der Waals surface area (Å²) in [5, 5.41) is 10.4. The predicted octanol–water partition coefficient (Wildman–Crippen LogP) is 1.60. The van der Waals surface area contributed by atoms with Crippen molar-refractivity contribution in [1.82, 2.24) is 20.5 Å². The van der Waals surface area contributed by atoms with E-state index in [1.54, 1.807) is 6.20 Å². The molecule has 0 saturated carbocycles. The minimum absolute atomic E-state index is 0.189. The fraction of sp³-hybridized carbons (Fsp3) is 0.375. The SMILES string of the molecule is Cc1ccnc(N2CCOCC2)c1CNC(=O)c1cnnc(Cl)c1. The van der Waals surface area contributed by atoms with Crippen LogP contribution >= 0.6 is 11.6 Å². The Morgan fingerprint density at radius 3 is 2.96 bits per heavy atom. The average molecular weight is 348 g/mol. The number of aryl methyl sites for hydroxylation is 1. The van der Waals surface area contributed by atoms with Gasteiger partial charge in [0, 0.05) is 31.4 Å². The number of hydrogen-bond acceptors (Lipinski definition) is 6. The molecule has 126 valence electrons. The van der Waals surface area contributed by atoms with E-state index in [0.717, 1.165) is 30.0 Å². The van der Waals surface area contributed by atoms with Gasteiger partial charge in [-0.15, -0.1) is 5.10 Å². The number of pyridine rings is 1. The third kappa shape index (κ3) is 3.80. The third-order valence-corrected chi connectivity index (χ3v) is 4.08. The van der Waals surface area contributed by atoms with Gasteiger partial charge in [-0.2, -0.15) is 5.10 Å². The van der Waals surface area contributed by atoms with Crippen LogP contribution in [0.4, 0.5) is 5.82 Å². The third-order valence-electron chi connectivity index (χ3n) is 3.89. The van der Waals surface area contributed by atoms with E-state index in [9.17, 15) is 4.79 Å². The van der Waals surface area contributed by atoms with Crippen LogP contribution in [0.3, 0.4) is 0 Å². The number of carbonyl (C=O) groups is 1. The number of morpholine rings is 1. The number of ether oxygens (including phenoxy) is 1. The van der Waals surface area contributed by atoms with Crippen molar-refractivity contribution in [3.8, 4) is 0 Å². The summed E-state index contributed by atoms with van der Waals surface area (Å²) in [6.07, 6.45) is 3.18. The van der Waals surface area contributed by atoms with E-state index in [2.05, 4.69) is 25.4 Å². The molecule has 1 saturated heterocycles. The van der Waals surface area contributed by atoms with E-state index >= 15 is 0 Å². The van der Waals surface area contributed by atoms with Gasteiger partial charge in [0.05, 0.1) is 25.0 Å². The van der Waals surface area contributed by atoms with Crippen LogP contribution < -0.4 is 10.2 Å².